The molecule has 0 bridgehead atoms. The molecular weight excluding hydrogens is 416 g/mol. The van der Waals surface area contributed by atoms with Gasteiger partial charge in [-0.3, -0.25) is 14.4 Å². The summed E-state index contributed by atoms with van der Waals surface area (Å²) in [6.45, 7) is 0.553. The monoisotopic (exact) mass is 444 g/mol. The Morgan fingerprint density at radius 2 is 1.80 bits per heavy atom. The van der Waals surface area contributed by atoms with Crippen LogP contribution in [0.15, 0.2) is 42.5 Å². The maximum atomic E-state index is 10.8. The normalized spacial score (nSPS) is 21.1. The lowest BCUT2D eigenvalue weighted by molar-refractivity contribution is 0.198. The molecule has 160 valence electrons. The molecular formula is C23H28N2O3S2. The molecule has 1 N–H and O–H groups in total. The van der Waals surface area contributed by atoms with Crippen molar-refractivity contribution >= 4 is 28.0 Å². The highest BCUT2D eigenvalue weighted by Crippen LogP contribution is 2.38. The predicted molar refractivity (Wildman–Crippen MR) is 125 cm³/mol. The van der Waals surface area contributed by atoms with Crippen molar-refractivity contribution in [2.45, 2.75) is 30.4 Å². The van der Waals surface area contributed by atoms with E-state index in [2.05, 4.69) is 48.6 Å². The first-order valence-electron chi connectivity index (χ1n) is 10.2. The van der Waals surface area contributed by atoms with Gasteiger partial charge in [0, 0.05) is 5.88 Å². The van der Waals surface area contributed by atoms with Crippen LogP contribution in [-0.4, -0.2) is 54.1 Å². The molecule has 3 aliphatic rings. The Kier molecular flexibility index (Phi) is 6.36. The second-order valence-corrected chi connectivity index (χ2v) is 10.9. The summed E-state index contributed by atoms with van der Waals surface area (Å²) in [5.41, 5.74) is 9.10. The zero-order chi connectivity index (χ0) is 21.3. The van der Waals surface area contributed by atoms with E-state index in [-0.39, 0.29) is 0 Å². The van der Waals surface area contributed by atoms with Crippen molar-refractivity contribution in [3.63, 3.8) is 0 Å². The number of aryl methyl sites for hydroxylation is 1. The Morgan fingerprint density at radius 3 is 2.57 bits per heavy atom. The van der Waals surface area contributed by atoms with Gasteiger partial charge < -0.3 is 0 Å². The standard InChI is InChI=1S/C18H16.C5H12N2O3S2/c1-3-7-15-13(5-1)9-11-18-16-8-4-2-6-14(16)10-12-17(15)18;1-6-3-7(2)5(11-4-6)12(8,9)10/h1-3,5-7,10,12H,4,8-9,11H2;5H,3-4H2,1-2H3,(H,8,9,10). The highest BCUT2D eigenvalue weighted by atomic mass is 32.3. The van der Waals surface area contributed by atoms with Crippen LogP contribution in [0.3, 0.4) is 0 Å². The molecule has 0 spiro atoms. The van der Waals surface area contributed by atoms with E-state index in [1.54, 1.807) is 23.1 Å². The Labute approximate surface area is 183 Å². The van der Waals surface area contributed by atoms with Gasteiger partial charge in [0.05, 0.1) is 6.67 Å². The number of allylic oxidation sites excluding steroid dienone is 1. The van der Waals surface area contributed by atoms with E-state index < -0.39 is 14.8 Å². The van der Waals surface area contributed by atoms with Gasteiger partial charge in [-0.05, 0) is 73.2 Å². The fourth-order valence-electron chi connectivity index (χ4n) is 4.52. The third kappa shape index (κ3) is 4.50. The highest BCUT2D eigenvalue weighted by molar-refractivity contribution is 8.11. The summed E-state index contributed by atoms with van der Waals surface area (Å²) in [5.74, 6) is 0.620. The largest absolute Gasteiger partial charge is 0.291 e. The van der Waals surface area contributed by atoms with Crippen LogP contribution in [0.4, 0.5) is 0 Å². The molecule has 1 aliphatic heterocycles. The average molecular weight is 445 g/mol. The van der Waals surface area contributed by atoms with E-state index in [0.29, 0.717) is 12.5 Å². The number of fused-ring (bicyclic) bond motifs is 5. The first-order valence-corrected chi connectivity index (χ1v) is 12.8. The maximum Gasteiger partial charge on any atom is 0.291 e. The summed E-state index contributed by atoms with van der Waals surface area (Å²) in [6, 6.07) is 13.5. The van der Waals surface area contributed by atoms with Gasteiger partial charge in [-0.2, -0.15) is 8.42 Å². The average Bonchev–Trinajstić information content (AvgIpc) is 2.72. The lowest BCUT2D eigenvalue weighted by Crippen LogP contribution is -2.47. The molecule has 2 aliphatic carbocycles. The number of thioether (sulfide) groups is 1. The molecule has 0 aromatic heterocycles. The molecule has 2 aromatic rings. The number of nitrogens with zero attached hydrogens (tertiary/aromatic N) is 2. The highest BCUT2D eigenvalue weighted by Gasteiger charge is 2.32. The van der Waals surface area contributed by atoms with Gasteiger partial charge in [0.2, 0.25) is 0 Å². The topological polar surface area (TPSA) is 60.9 Å². The molecule has 1 atom stereocenters. The van der Waals surface area contributed by atoms with Crippen molar-refractivity contribution in [3.05, 3.63) is 64.7 Å². The lowest BCUT2D eigenvalue weighted by Gasteiger charge is -2.34. The number of hydrogen-bond acceptors (Lipinski definition) is 5. The summed E-state index contributed by atoms with van der Waals surface area (Å²) in [7, 11) is -0.376. The Bertz CT molecular complexity index is 1070. The molecule has 1 unspecified atom stereocenters. The summed E-state index contributed by atoms with van der Waals surface area (Å²) in [5, 5.41) is 0. The molecule has 0 radical (unpaired) electrons. The van der Waals surface area contributed by atoms with Crippen molar-refractivity contribution in [2.75, 3.05) is 26.6 Å². The fourth-order valence-corrected chi connectivity index (χ4v) is 6.70. The van der Waals surface area contributed by atoms with E-state index in [1.165, 1.54) is 59.7 Å². The quantitative estimate of drug-likeness (QED) is 0.669. The van der Waals surface area contributed by atoms with E-state index >= 15 is 0 Å². The molecule has 30 heavy (non-hydrogen) atoms. The smallest absolute Gasteiger partial charge is 0.284 e. The van der Waals surface area contributed by atoms with Gasteiger partial charge in [-0.25, -0.2) is 0 Å². The molecule has 5 rings (SSSR count). The minimum Gasteiger partial charge on any atom is -0.284 e. The number of rotatable bonds is 1. The summed E-state index contributed by atoms with van der Waals surface area (Å²) < 4.78 is 29.5. The summed E-state index contributed by atoms with van der Waals surface area (Å²) >= 11 is 1.20. The SMILES string of the molecule is C1=Cc2ccc3c(c2CC1)CCc1ccccc1-3.CN1CSC(S(=O)(=O)O)N(C)C1. The third-order valence-corrected chi connectivity index (χ3v) is 9.04. The zero-order valence-corrected chi connectivity index (χ0v) is 19.0. The molecule has 1 fully saturated rings. The van der Waals surface area contributed by atoms with Crippen molar-refractivity contribution in [1.82, 2.24) is 9.80 Å². The van der Waals surface area contributed by atoms with Crippen molar-refractivity contribution in [1.29, 1.82) is 0 Å². The van der Waals surface area contributed by atoms with Crippen LogP contribution in [0.2, 0.25) is 0 Å². The van der Waals surface area contributed by atoms with Crippen LogP contribution in [0.1, 0.15) is 28.7 Å². The van der Waals surface area contributed by atoms with E-state index in [9.17, 15) is 8.42 Å². The Balaban J connectivity index is 0.000000159. The molecule has 5 nitrogen and oxygen atoms in total. The van der Waals surface area contributed by atoms with Gasteiger partial charge in [0.1, 0.15) is 0 Å². The second-order valence-electron chi connectivity index (χ2n) is 8.13. The van der Waals surface area contributed by atoms with Crippen LogP contribution < -0.4 is 0 Å². The van der Waals surface area contributed by atoms with Crippen molar-refractivity contribution < 1.29 is 13.0 Å². The van der Waals surface area contributed by atoms with E-state index in [1.807, 2.05) is 11.9 Å². The second kappa shape index (κ2) is 8.85. The van der Waals surface area contributed by atoms with Crippen molar-refractivity contribution in [3.8, 4) is 11.1 Å². The maximum absolute atomic E-state index is 10.8. The van der Waals surface area contributed by atoms with Gasteiger partial charge in [0.25, 0.3) is 10.1 Å². The first kappa shape index (κ1) is 21.6. The van der Waals surface area contributed by atoms with Crippen LogP contribution >= 0.6 is 11.8 Å². The summed E-state index contributed by atoms with van der Waals surface area (Å²) in [4.78, 5) is 3.55. The first-order chi connectivity index (χ1) is 14.3. The van der Waals surface area contributed by atoms with Gasteiger partial charge in [-0.15, -0.1) is 11.8 Å². The third-order valence-electron chi connectivity index (χ3n) is 5.79. The number of benzene rings is 2. The molecule has 0 saturated carbocycles. The van der Waals surface area contributed by atoms with Crippen LogP contribution in [0, 0.1) is 0 Å². The molecule has 0 amide bonds. The predicted octanol–water partition coefficient (Wildman–Crippen LogP) is 4.09. The van der Waals surface area contributed by atoms with E-state index in [0.717, 1.165) is 0 Å². The number of hydrogen-bond donors (Lipinski definition) is 1. The van der Waals surface area contributed by atoms with Crippen LogP contribution in [-0.2, 0) is 29.4 Å². The van der Waals surface area contributed by atoms with Crippen LogP contribution in [0.25, 0.3) is 17.2 Å². The minimum atomic E-state index is -3.94. The summed E-state index contributed by atoms with van der Waals surface area (Å²) in [6.07, 6.45) is 9.42. The van der Waals surface area contributed by atoms with E-state index in [4.69, 9.17) is 4.55 Å². The van der Waals surface area contributed by atoms with Gasteiger partial charge in [-0.1, -0.05) is 48.6 Å². The Hall–Kier alpha value is -1.64. The fraction of sp³-hybridized carbons (Fsp3) is 0.391. The van der Waals surface area contributed by atoms with Gasteiger partial charge in [0.15, 0.2) is 4.71 Å². The molecule has 1 heterocycles. The zero-order valence-electron chi connectivity index (χ0n) is 17.4. The molecule has 7 heteroatoms. The Morgan fingerprint density at radius 1 is 1.00 bits per heavy atom. The lowest BCUT2D eigenvalue weighted by atomic mass is 9.80. The minimum absolute atomic E-state index is 0.553. The molecule has 2 aromatic carbocycles. The van der Waals surface area contributed by atoms with Crippen molar-refractivity contribution in [2.24, 2.45) is 0 Å². The van der Waals surface area contributed by atoms with Crippen LogP contribution in [0.5, 0.6) is 0 Å². The molecule has 1 saturated heterocycles. The van der Waals surface area contributed by atoms with Gasteiger partial charge >= 0.3 is 0 Å².